The number of hydrogen-bond acceptors (Lipinski definition) is 2. The lowest BCUT2D eigenvalue weighted by molar-refractivity contribution is -0.137. The van der Waals surface area contributed by atoms with Crippen LogP contribution in [0.1, 0.15) is 22.8 Å². The fourth-order valence-electron chi connectivity index (χ4n) is 2.39. The minimum absolute atomic E-state index is 0.332. The number of benzene rings is 2. The van der Waals surface area contributed by atoms with Gasteiger partial charge in [-0.3, -0.25) is 0 Å². The molecule has 0 saturated heterocycles. The van der Waals surface area contributed by atoms with E-state index in [1.165, 1.54) is 12.1 Å². The van der Waals surface area contributed by atoms with Crippen molar-refractivity contribution in [2.45, 2.75) is 17.7 Å². The molecule has 1 aliphatic rings. The fourth-order valence-corrected chi connectivity index (χ4v) is 2.92. The van der Waals surface area contributed by atoms with Crippen molar-refractivity contribution in [2.24, 2.45) is 4.99 Å². The van der Waals surface area contributed by atoms with Crippen LogP contribution in [0.3, 0.4) is 0 Å². The van der Waals surface area contributed by atoms with Crippen LogP contribution in [0.2, 0.25) is 0 Å². The zero-order chi connectivity index (χ0) is 17.3. The first-order valence-corrected chi connectivity index (χ1v) is 8.36. The van der Waals surface area contributed by atoms with Gasteiger partial charge in [-0.25, -0.2) is 4.99 Å². The lowest BCUT2D eigenvalue weighted by atomic mass is 10.0. The molecule has 24 heavy (non-hydrogen) atoms. The Morgan fingerprint density at radius 2 is 1.67 bits per heavy atom. The maximum Gasteiger partial charge on any atom is 0.416 e. The van der Waals surface area contributed by atoms with E-state index >= 15 is 0 Å². The second-order valence-corrected chi connectivity index (χ2v) is 6.80. The van der Waals surface area contributed by atoms with Gasteiger partial charge in [0.05, 0.1) is 17.5 Å². The molecule has 1 heterocycles. The predicted octanol–water partition coefficient (Wildman–Crippen LogP) is 5.59. The van der Waals surface area contributed by atoms with Gasteiger partial charge >= 0.3 is 6.18 Å². The summed E-state index contributed by atoms with van der Waals surface area (Å²) in [6, 6.07) is 12.3. The zero-order valence-corrected chi connectivity index (χ0v) is 14.6. The Kier molecular flexibility index (Phi) is 4.88. The van der Waals surface area contributed by atoms with Gasteiger partial charge in [0.25, 0.3) is 0 Å². The van der Waals surface area contributed by atoms with Crippen molar-refractivity contribution < 1.29 is 17.9 Å². The average molecular weight is 419 g/mol. The standard InChI is InChI=1S/C17H12BrClF3NO/c18-13-7-3-11(4-8-13)16-23-9-14(19)15(24-16)10-1-5-12(6-2-10)17(20,21)22/h1-8,14-15H,9H2/t14-,15-/m0/s1. The summed E-state index contributed by atoms with van der Waals surface area (Å²) in [4.78, 5) is 4.31. The van der Waals surface area contributed by atoms with Crippen molar-refractivity contribution in [3.05, 3.63) is 69.7 Å². The molecule has 0 bridgehead atoms. The van der Waals surface area contributed by atoms with Gasteiger partial charge in [0.2, 0.25) is 5.90 Å². The first kappa shape index (κ1) is 17.3. The van der Waals surface area contributed by atoms with E-state index in [-0.39, 0.29) is 0 Å². The summed E-state index contributed by atoms with van der Waals surface area (Å²) in [6.07, 6.45) is -4.92. The van der Waals surface area contributed by atoms with Crippen LogP contribution >= 0.6 is 27.5 Å². The number of alkyl halides is 4. The maximum absolute atomic E-state index is 12.7. The number of nitrogens with zero attached hydrogens (tertiary/aromatic N) is 1. The summed E-state index contributed by atoms with van der Waals surface area (Å²) in [7, 11) is 0. The van der Waals surface area contributed by atoms with E-state index in [2.05, 4.69) is 20.9 Å². The highest BCUT2D eigenvalue weighted by Gasteiger charge is 2.32. The van der Waals surface area contributed by atoms with Gasteiger partial charge in [0.15, 0.2) is 0 Å². The van der Waals surface area contributed by atoms with E-state index in [4.69, 9.17) is 16.3 Å². The van der Waals surface area contributed by atoms with Crippen molar-refractivity contribution in [1.29, 1.82) is 0 Å². The third-order valence-electron chi connectivity index (χ3n) is 3.63. The van der Waals surface area contributed by atoms with Crippen molar-refractivity contribution in [2.75, 3.05) is 6.54 Å². The van der Waals surface area contributed by atoms with Crippen molar-refractivity contribution in [1.82, 2.24) is 0 Å². The molecule has 0 N–H and O–H groups in total. The molecule has 0 aromatic heterocycles. The van der Waals surface area contributed by atoms with Crippen LogP contribution in [-0.2, 0) is 10.9 Å². The Morgan fingerprint density at radius 3 is 2.25 bits per heavy atom. The summed E-state index contributed by atoms with van der Waals surface area (Å²) in [5.74, 6) is 0.435. The first-order chi connectivity index (χ1) is 11.3. The number of ether oxygens (including phenoxy) is 1. The molecule has 1 aliphatic heterocycles. The van der Waals surface area contributed by atoms with E-state index in [1.54, 1.807) is 0 Å². The maximum atomic E-state index is 12.7. The van der Waals surface area contributed by atoms with E-state index in [9.17, 15) is 13.2 Å². The second-order valence-electron chi connectivity index (χ2n) is 5.33. The number of halogens is 5. The molecule has 0 unspecified atom stereocenters. The smallest absolute Gasteiger partial charge is 0.416 e. The average Bonchev–Trinajstić information content (AvgIpc) is 2.55. The van der Waals surface area contributed by atoms with Crippen LogP contribution < -0.4 is 0 Å². The number of rotatable bonds is 2. The summed E-state index contributed by atoms with van der Waals surface area (Å²) in [6.45, 7) is 0.332. The van der Waals surface area contributed by atoms with Crippen LogP contribution in [0.5, 0.6) is 0 Å². The quantitative estimate of drug-likeness (QED) is 0.582. The highest BCUT2D eigenvalue weighted by molar-refractivity contribution is 9.10. The molecule has 0 spiro atoms. The van der Waals surface area contributed by atoms with E-state index in [1.807, 2.05) is 24.3 Å². The minimum atomic E-state index is -4.36. The van der Waals surface area contributed by atoms with Crippen molar-refractivity contribution in [3.63, 3.8) is 0 Å². The van der Waals surface area contributed by atoms with Gasteiger partial charge in [-0.05, 0) is 42.0 Å². The Bertz CT molecular complexity index is 744. The lowest BCUT2D eigenvalue weighted by Gasteiger charge is -2.28. The molecular weight excluding hydrogens is 407 g/mol. The van der Waals surface area contributed by atoms with Gasteiger partial charge in [-0.1, -0.05) is 28.1 Å². The highest BCUT2D eigenvalue weighted by atomic mass is 79.9. The zero-order valence-electron chi connectivity index (χ0n) is 12.2. The minimum Gasteiger partial charge on any atom is -0.468 e. The first-order valence-electron chi connectivity index (χ1n) is 7.13. The third kappa shape index (κ3) is 3.75. The molecule has 0 radical (unpaired) electrons. The van der Waals surface area contributed by atoms with Gasteiger partial charge in [0, 0.05) is 10.0 Å². The van der Waals surface area contributed by atoms with Gasteiger partial charge in [0.1, 0.15) is 6.10 Å². The topological polar surface area (TPSA) is 21.6 Å². The molecule has 0 aliphatic carbocycles. The van der Waals surface area contributed by atoms with E-state index in [0.29, 0.717) is 18.0 Å². The summed E-state index contributed by atoms with van der Waals surface area (Å²) in [5.41, 5.74) is 0.682. The van der Waals surface area contributed by atoms with Gasteiger partial charge < -0.3 is 4.74 Å². The predicted molar refractivity (Wildman–Crippen MR) is 90.5 cm³/mol. The third-order valence-corrected chi connectivity index (χ3v) is 4.53. The Hall–Kier alpha value is -1.53. The summed E-state index contributed by atoms with van der Waals surface area (Å²) < 4.78 is 44.8. The molecule has 2 aromatic rings. The molecule has 2 nitrogen and oxygen atoms in total. The summed E-state index contributed by atoms with van der Waals surface area (Å²) in [5, 5.41) is -0.444. The molecule has 0 saturated carbocycles. The molecule has 7 heteroatoms. The van der Waals surface area contributed by atoms with Crippen molar-refractivity contribution >= 4 is 33.4 Å². The SMILES string of the molecule is FC(F)(F)c1ccc([C@@H]2OC(c3ccc(Br)cc3)=NC[C@@H]2Cl)cc1. The Morgan fingerprint density at radius 1 is 1.04 bits per heavy atom. The Balaban J connectivity index is 1.83. The van der Waals surface area contributed by atoms with E-state index in [0.717, 1.165) is 22.2 Å². The van der Waals surface area contributed by atoms with Gasteiger partial charge in [-0.2, -0.15) is 13.2 Å². The Labute approximate surface area is 150 Å². The molecular formula is C17H12BrClF3NO. The normalized spacial score (nSPS) is 21.1. The molecule has 126 valence electrons. The van der Waals surface area contributed by atoms with Crippen LogP contribution in [0.15, 0.2) is 58.0 Å². The number of hydrogen-bond donors (Lipinski definition) is 0. The molecule has 3 rings (SSSR count). The van der Waals surface area contributed by atoms with Crippen LogP contribution in [0.4, 0.5) is 13.2 Å². The van der Waals surface area contributed by atoms with Crippen LogP contribution in [0, 0.1) is 0 Å². The molecule has 2 atom stereocenters. The molecule has 0 fully saturated rings. The van der Waals surface area contributed by atoms with Crippen LogP contribution in [0.25, 0.3) is 0 Å². The van der Waals surface area contributed by atoms with Crippen molar-refractivity contribution in [3.8, 4) is 0 Å². The number of aliphatic imine (C=N–C) groups is 1. The largest absolute Gasteiger partial charge is 0.468 e. The molecule has 2 aromatic carbocycles. The van der Waals surface area contributed by atoms with E-state index < -0.39 is 23.2 Å². The van der Waals surface area contributed by atoms with Gasteiger partial charge in [-0.15, -0.1) is 11.6 Å². The fraction of sp³-hybridized carbons (Fsp3) is 0.235. The molecule has 0 amide bonds. The monoisotopic (exact) mass is 417 g/mol. The lowest BCUT2D eigenvalue weighted by Crippen LogP contribution is -2.28. The highest BCUT2D eigenvalue weighted by Crippen LogP contribution is 2.34. The van der Waals surface area contributed by atoms with Crippen LogP contribution in [-0.4, -0.2) is 17.8 Å². The second kappa shape index (κ2) is 6.76. The summed E-state index contributed by atoms with van der Waals surface area (Å²) >= 11 is 9.62.